The molecule has 0 fully saturated rings. The van der Waals surface area contributed by atoms with Gasteiger partial charge in [0, 0.05) is 32.2 Å². The summed E-state index contributed by atoms with van der Waals surface area (Å²) in [6, 6.07) is 5.79. The standard InChI is InChI=1S/C13H15N5/c1-17(10-13-16-5-6-18(13)2)9-11-3-4-15-12(7-11)8-14/h3-7H,9-10H2,1-2H3. The number of hydrogen-bond acceptors (Lipinski definition) is 4. The van der Waals surface area contributed by atoms with Crippen molar-refractivity contribution < 1.29 is 0 Å². The molecule has 2 aromatic rings. The third kappa shape index (κ3) is 2.93. The number of aryl methyl sites for hydroxylation is 1. The topological polar surface area (TPSA) is 57.7 Å². The number of hydrogen-bond donors (Lipinski definition) is 0. The van der Waals surface area contributed by atoms with E-state index in [2.05, 4.69) is 14.9 Å². The van der Waals surface area contributed by atoms with E-state index in [1.54, 1.807) is 12.4 Å². The number of pyridine rings is 1. The van der Waals surface area contributed by atoms with Crippen LogP contribution in [0.3, 0.4) is 0 Å². The molecule has 2 aromatic heterocycles. The Morgan fingerprint density at radius 3 is 2.83 bits per heavy atom. The molecule has 0 spiro atoms. The van der Waals surface area contributed by atoms with E-state index >= 15 is 0 Å². The molecule has 18 heavy (non-hydrogen) atoms. The van der Waals surface area contributed by atoms with Gasteiger partial charge in [0.2, 0.25) is 0 Å². The second-order valence-corrected chi connectivity index (χ2v) is 4.29. The molecule has 0 saturated carbocycles. The molecule has 0 atom stereocenters. The molecule has 5 heteroatoms. The van der Waals surface area contributed by atoms with Gasteiger partial charge in [-0.1, -0.05) is 0 Å². The van der Waals surface area contributed by atoms with Crippen molar-refractivity contribution in [3.63, 3.8) is 0 Å². The minimum Gasteiger partial charge on any atom is -0.337 e. The van der Waals surface area contributed by atoms with E-state index in [4.69, 9.17) is 5.26 Å². The molecule has 2 rings (SSSR count). The minimum absolute atomic E-state index is 0.456. The molecule has 2 heterocycles. The summed E-state index contributed by atoms with van der Waals surface area (Å²) < 4.78 is 2.00. The molecular weight excluding hydrogens is 226 g/mol. The molecule has 5 nitrogen and oxygen atoms in total. The average molecular weight is 241 g/mol. The molecule has 0 aliphatic rings. The van der Waals surface area contributed by atoms with E-state index < -0.39 is 0 Å². The fraction of sp³-hybridized carbons (Fsp3) is 0.308. The van der Waals surface area contributed by atoms with Crippen molar-refractivity contribution in [3.8, 4) is 6.07 Å². The fourth-order valence-electron chi connectivity index (χ4n) is 1.79. The van der Waals surface area contributed by atoms with Gasteiger partial charge in [-0.05, 0) is 24.7 Å². The zero-order valence-corrected chi connectivity index (χ0v) is 10.5. The van der Waals surface area contributed by atoms with Crippen molar-refractivity contribution in [2.24, 2.45) is 7.05 Å². The highest BCUT2D eigenvalue weighted by Crippen LogP contribution is 2.07. The highest BCUT2D eigenvalue weighted by Gasteiger charge is 2.06. The fourth-order valence-corrected chi connectivity index (χ4v) is 1.79. The minimum atomic E-state index is 0.456. The van der Waals surface area contributed by atoms with Crippen LogP contribution in [-0.4, -0.2) is 26.5 Å². The predicted molar refractivity (Wildman–Crippen MR) is 67.3 cm³/mol. The van der Waals surface area contributed by atoms with E-state index in [1.165, 1.54) is 0 Å². The van der Waals surface area contributed by atoms with Crippen LogP contribution in [0.1, 0.15) is 17.1 Å². The lowest BCUT2D eigenvalue weighted by atomic mass is 10.2. The van der Waals surface area contributed by atoms with Crippen LogP contribution in [0.2, 0.25) is 0 Å². The Morgan fingerprint density at radius 2 is 2.17 bits per heavy atom. The van der Waals surface area contributed by atoms with Crippen LogP contribution >= 0.6 is 0 Å². The number of nitrogens with zero attached hydrogens (tertiary/aromatic N) is 5. The summed E-state index contributed by atoms with van der Waals surface area (Å²) in [5.74, 6) is 1.02. The van der Waals surface area contributed by atoms with Crippen LogP contribution in [0.4, 0.5) is 0 Å². The quantitative estimate of drug-likeness (QED) is 0.810. The third-order valence-corrected chi connectivity index (χ3v) is 2.72. The smallest absolute Gasteiger partial charge is 0.140 e. The molecular formula is C13H15N5. The van der Waals surface area contributed by atoms with Gasteiger partial charge in [-0.15, -0.1) is 0 Å². The van der Waals surface area contributed by atoms with E-state index in [0.29, 0.717) is 5.69 Å². The highest BCUT2D eigenvalue weighted by molar-refractivity contribution is 5.25. The number of nitriles is 1. The summed E-state index contributed by atoms with van der Waals surface area (Å²) >= 11 is 0. The molecule has 92 valence electrons. The van der Waals surface area contributed by atoms with Crippen molar-refractivity contribution in [2.75, 3.05) is 7.05 Å². The van der Waals surface area contributed by atoms with Crippen LogP contribution in [0.5, 0.6) is 0 Å². The largest absolute Gasteiger partial charge is 0.337 e. The molecule has 0 aliphatic heterocycles. The Kier molecular flexibility index (Phi) is 3.70. The van der Waals surface area contributed by atoms with Crippen molar-refractivity contribution in [1.29, 1.82) is 5.26 Å². The Bertz CT molecular complexity index is 567. The van der Waals surface area contributed by atoms with Crippen LogP contribution in [-0.2, 0) is 20.1 Å². The molecule has 0 N–H and O–H groups in total. The van der Waals surface area contributed by atoms with Crippen molar-refractivity contribution in [2.45, 2.75) is 13.1 Å². The van der Waals surface area contributed by atoms with Gasteiger partial charge in [0.05, 0.1) is 6.54 Å². The van der Waals surface area contributed by atoms with Crippen molar-refractivity contribution in [1.82, 2.24) is 19.4 Å². The molecule has 0 aromatic carbocycles. The van der Waals surface area contributed by atoms with E-state index in [-0.39, 0.29) is 0 Å². The van der Waals surface area contributed by atoms with E-state index in [1.807, 2.05) is 43.1 Å². The molecule has 0 radical (unpaired) electrons. The second-order valence-electron chi connectivity index (χ2n) is 4.29. The Hall–Kier alpha value is -2.19. The summed E-state index contributed by atoms with van der Waals surface area (Å²) in [5.41, 5.74) is 1.54. The third-order valence-electron chi connectivity index (χ3n) is 2.72. The van der Waals surface area contributed by atoms with Gasteiger partial charge in [-0.3, -0.25) is 4.90 Å². The zero-order chi connectivity index (χ0) is 13.0. The van der Waals surface area contributed by atoms with Crippen LogP contribution in [0, 0.1) is 11.3 Å². The van der Waals surface area contributed by atoms with E-state index in [0.717, 1.165) is 24.5 Å². The first-order valence-electron chi connectivity index (χ1n) is 5.69. The lowest BCUT2D eigenvalue weighted by Crippen LogP contribution is -2.19. The summed E-state index contributed by atoms with van der Waals surface area (Å²) in [5, 5.41) is 8.80. The van der Waals surface area contributed by atoms with Crippen LogP contribution in [0.25, 0.3) is 0 Å². The van der Waals surface area contributed by atoms with Gasteiger partial charge in [0.1, 0.15) is 17.6 Å². The first-order valence-corrected chi connectivity index (χ1v) is 5.69. The molecule has 0 amide bonds. The zero-order valence-electron chi connectivity index (χ0n) is 10.5. The average Bonchev–Trinajstić information content (AvgIpc) is 2.75. The van der Waals surface area contributed by atoms with Gasteiger partial charge in [-0.25, -0.2) is 9.97 Å². The van der Waals surface area contributed by atoms with E-state index in [9.17, 15) is 0 Å². The van der Waals surface area contributed by atoms with Gasteiger partial charge in [-0.2, -0.15) is 5.26 Å². The normalized spacial score (nSPS) is 10.6. The molecule has 0 bridgehead atoms. The number of aromatic nitrogens is 3. The number of imidazole rings is 1. The first kappa shape index (κ1) is 12.3. The van der Waals surface area contributed by atoms with Gasteiger partial charge in [0.15, 0.2) is 0 Å². The lowest BCUT2D eigenvalue weighted by Gasteiger charge is -2.16. The Balaban J connectivity index is 2.01. The summed E-state index contributed by atoms with van der Waals surface area (Å²) in [7, 11) is 4.01. The summed E-state index contributed by atoms with van der Waals surface area (Å²) in [6.45, 7) is 1.54. The lowest BCUT2D eigenvalue weighted by molar-refractivity contribution is 0.307. The van der Waals surface area contributed by atoms with Crippen molar-refractivity contribution in [3.05, 3.63) is 47.8 Å². The monoisotopic (exact) mass is 241 g/mol. The van der Waals surface area contributed by atoms with Gasteiger partial charge in [0.25, 0.3) is 0 Å². The highest BCUT2D eigenvalue weighted by atomic mass is 15.1. The summed E-state index contributed by atoms with van der Waals surface area (Å²) in [6.07, 6.45) is 5.40. The Morgan fingerprint density at radius 1 is 1.33 bits per heavy atom. The molecule has 0 saturated heterocycles. The van der Waals surface area contributed by atoms with Crippen LogP contribution < -0.4 is 0 Å². The maximum atomic E-state index is 8.80. The maximum absolute atomic E-state index is 8.80. The molecule has 0 unspecified atom stereocenters. The van der Waals surface area contributed by atoms with Crippen molar-refractivity contribution >= 4 is 0 Å². The predicted octanol–water partition coefficient (Wildman–Crippen LogP) is 1.32. The maximum Gasteiger partial charge on any atom is 0.140 e. The summed E-state index contributed by atoms with van der Waals surface area (Å²) in [4.78, 5) is 10.4. The SMILES string of the molecule is CN(Cc1ccnc(C#N)c1)Cc1nccn1C. The Labute approximate surface area is 106 Å². The van der Waals surface area contributed by atoms with Crippen LogP contribution in [0.15, 0.2) is 30.7 Å². The number of rotatable bonds is 4. The van der Waals surface area contributed by atoms with Gasteiger partial charge < -0.3 is 4.57 Å². The van der Waals surface area contributed by atoms with Gasteiger partial charge >= 0.3 is 0 Å². The molecule has 0 aliphatic carbocycles. The first-order chi connectivity index (χ1) is 8.69. The second kappa shape index (κ2) is 5.43.